The van der Waals surface area contributed by atoms with Crippen LogP contribution in [0.3, 0.4) is 0 Å². The SMILES string of the molecule is CCC(C)NC(N)=NCc1c(OC)cc(OC)cc1OC.I. The van der Waals surface area contributed by atoms with Gasteiger partial charge >= 0.3 is 0 Å². The lowest BCUT2D eigenvalue weighted by Crippen LogP contribution is -2.38. The van der Waals surface area contributed by atoms with E-state index in [2.05, 4.69) is 24.2 Å². The molecule has 0 radical (unpaired) electrons. The molecule has 0 aliphatic rings. The molecule has 0 heterocycles. The van der Waals surface area contributed by atoms with E-state index in [0.29, 0.717) is 29.8 Å². The van der Waals surface area contributed by atoms with Crippen LogP contribution in [0.1, 0.15) is 25.8 Å². The molecule has 0 amide bonds. The van der Waals surface area contributed by atoms with Gasteiger partial charge in [-0.3, -0.25) is 0 Å². The van der Waals surface area contributed by atoms with E-state index in [4.69, 9.17) is 19.9 Å². The summed E-state index contributed by atoms with van der Waals surface area (Å²) in [6.07, 6.45) is 0.978. The van der Waals surface area contributed by atoms with Gasteiger partial charge in [-0.05, 0) is 13.3 Å². The Morgan fingerprint density at radius 1 is 1.18 bits per heavy atom. The minimum atomic E-state index is 0. The molecule has 0 fully saturated rings. The van der Waals surface area contributed by atoms with Gasteiger partial charge in [-0.1, -0.05) is 6.92 Å². The van der Waals surface area contributed by atoms with Crippen molar-refractivity contribution in [2.75, 3.05) is 21.3 Å². The van der Waals surface area contributed by atoms with Gasteiger partial charge in [0.15, 0.2) is 5.96 Å². The highest BCUT2D eigenvalue weighted by atomic mass is 127. The molecule has 6 nitrogen and oxygen atoms in total. The first-order valence-corrected chi connectivity index (χ1v) is 6.91. The Morgan fingerprint density at radius 3 is 2.14 bits per heavy atom. The molecule has 3 N–H and O–H groups in total. The lowest BCUT2D eigenvalue weighted by Gasteiger charge is -2.15. The predicted octanol–water partition coefficient (Wildman–Crippen LogP) is 2.53. The van der Waals surface area contributed by atoms with Crippen LogP contribution < -0.4 is 25.3 Å². The van der Waals surface area contributed by atoms with Crippen LogP contribution in [0, 0.1) is 0 Å². The number of benzene rings is 1. The molecular formula is C15H26IN3O3. The molecular weight excluding hydrogens is 397 g/mol. The Labute approximate surface area is 149 Å². The van der Waals surface area contributed by atoms with Gasteiger partial charge < -0.3 is 25.3 Å². The smallest absolute Gasteiger partial charge is 0.189 e. The molecule has 1 atom stereocenters. The van der Waals surface area contributed by atoms with Gasteiger partial charge in [-0.25, -0.2) is 4.99 Å². The fourth-order valence-electron chi connectivity index (χ4n) is 1.80. The van der Waals surface area contributed by atoms with Crippen molar-refractivity contribution in [3.05, 3.63) is 17.7 Å². The maximum absolute atomic E-state index is 5.87. The van der Waals surface area contributed by atoms with Crippen LogP contribution in [0.25, 0.3) is 0 Å². The van der Waals surface area contributed by atoms with Crippen LogP contribution >= 0.6 is 24.0 Å². The molecule has 0 saturated heterocycles. The van der Waals surface area contributed by atoms with E-state index in [1.165, 1.54) is 0 Å². The number of aliphatic imine (C=N–C) groups is 1. The molecule has 1 rings (SSSR count). The first kappa shape index (κ1) is 20.6. The normalized spacial score (nSPS) is 12.1. The van der Waals surface area contributed by atoms with E-state index >= 15 is 0 Å². The second kappa shape index (κ2) is 10.4. The molecule has 0 saturated carbocycles. The summed E-state index contributed by atoms with van der Waals surface area (Å²) in [5, 5.41) is 3.12. The third kappa shape index (κ3) is 5.78. The van der Waals surface area contributed by atoms with Crippen LogP contribution in [0.4, 0.5) is 0 Å². The molecule has 0 aliphatic carbocycles. The van der Waals surface area contributed by atoms with Gasteiger partial charge in [0.05, 0.1) is 33.4 Å². The molecule has 0 spiro atoms. The average Bonchev–Trinajstić information content (AvgIpc) is 2.51. The second-order valence-electron chi connectivity index (χ2n) is 4.67. The summed E-state index contributed by atoms with van der Waals surface area (Å²) < 4.78 is 16.0. The number of methoxy groups -OCH3 is 3. The summed E-state index contributed by atoms with van der Waals surface area (Å²) in [4.78, 5) is 4.34. The Balaban J connectivity index is 0.00000441. The number of rotatable bonds is 7. The molecule has 0 aromatic heterocycles. The van der Waals surface area contributed by atoms with Crippen LogP contribution in [0.5, 0.6) is 17.2 Å². The molecule has 1 aromatic carbocycles. The Morgan fingerprint density at radius 2 is 1.73 bits per heavy atom. The third-order valence-electron chi connectivity index (χ3n) is 3.23. The Kier molecular flexibility index (Phi) is 9.71. The predicted molar refractivity (Wildman–Crippen MR) is 99.7 cm³/mol. The van der Waals surface area contributed by atoms with E-state index in [1.54, 1.807) is 33.5 Å². The fraction of sp³-hybridized carbons (Fsp3) is 0.533. The summed E-state index contributed by atoms with van der Waals surface area (Å²) in [6.45, 7) is 4.50. The van der Waals surface area contributed by atoms with Gasteiger partial charge in [0, 0.05) is 18.2 Å². The maximum atomic E-state index is 5.87. The molecule has 0 bridgehead atoms. The van der Waals surface area contributed by atoms with Crippen molar-refractivity contribution >= 4 is 29.9 Å². The van der Waals surface area contributed by atoms with E-state index in [0.717, 1.165) is 12.0 Å². The minimum Gasteiger partial charge on any atom is -0.496 e. The topological polar surface area (TPSA) is 78.1 Å². The summed E-state index contributed by atoms with van der Waals surface area (Å²) in [5.74, 6) is 2.39. The van der Waals surface area contributed by atoms with Crippen molar-refractivity contribution in [3.63, 3.8) is 0 Å². The van der Waals surface area contributed by atoms with Crippen molar-refractivity contribution in [1.82, 2.24) is 5.32 Å². The van der Waals surface area contributed by atoms with E-state index in [9.17, 15) is 0 Å². The number of nitrogens with two attached hydrogens (primary N) is 1. The van der Waals surface area contributed by atoms with Crippen LogP contribution in [0.2, 0.25) is 0 Å². The van der Waals surface area contributed by atoms with E-state index in [-0.39, 0.29) is 30.0 Å². The van der Waals surface area contributed by atoms with E-state index in [1.807, 2.05) is 0 Å². The van der Waals surface area contributed by atoms with Crippen molar-refractivity contribution in [3.8, 4) is 17.2 Å². The zero-order valence-corrected chi connectivity index (χ0v) is 16.1. The number of hydrogen-bond donors (Lipinski definition) is 2. The molecule has 1 aromatic rings. The monoisotopic (exact) mass is 423 g/mol. The molecule has 7 heteroatoms. The lowest BCUT2D eigenvalue weighted by atomic mass is 10.1. The second-order valence-corrected chi connectivity index (χ2v) is 4.67. The standard InChI is InChI=1S/C15H25N3O3.HI/c1-6-10(2)18-15(16)17-9-12-13(20-4)7-11(19-3)8-14(12)21-5;/h7-8,10H,6,9H2,1-5H3,(H3,16,17,18);1H. The molecule has 0 aliphatic heterocycles. The van der Waals surface area contributed by atoms with Crippen LogP contribution in [-0.4, -0.2) is 33.3 Å². The first-order valence-electron chi connectivity index (χ1n) is 6.91. The molecule has 126 valence electrons. The average molecular weight is 423 g/mol. The van der Waals surface area contributed by atoms with Gasteiger partial charge in [0.2, 0.25) is 0 Å². The number of hydrogen-bond acceptors (Lipinski definition) is 4. The maximum Gasteiger partial charge on any atom is 0.189 e. The van der Waals surface area contributed by atoms with E-state index < -0.39 is 0 Å². The molecule has 1 unspecified atom stereocenters. The number of guanidine groups is 1. The number of ether oxygens (including phenoxy) is 3. The van der Waals surface area contributed by atoms with Crippen molar-refractivity contribution < 1.29 is 14.2 Å². The quantitative estimate of drug-likeness (QED) is 0.401. The van der Waals surface area contributed by atoms with Crippen molar-refractivity contribution in [2.45, 2.75) is 32.9 Å². The summed E-state index contributed by atoms with van der Waals surface area (Å²) in [5.41, 5.74) is 6.70. The largest absolute Gasteiger partial charge is 0.496 e. The van der Waals surface area contributed by atoms with Crippen LogP contribution in [-0.2, 0) is 6.54 Å². The van der Waals surface area contributed by atoms with Gasteiger partial charge in [0.1, 0.15) is 17.2 Å². The Bertz CT molecular complexity index is 470. The minimum absolute atomic E-state index is 0. The number of halogens is 1. The zero-order chi connectivity index (χ0) is 15.8. The summed E-state index contributed by atoms with van der Waals surface area (Å²) in [6, 6.07) is 3.88. The number of nitrogens with one attached hydrogen (secondary N) is 1. The highest BCUT2D eigenvalue weighted by Crippen LogP contribution is 2.34. The third-order valence-corrected chi connectivity index (χ3v) is 3.23. The van der Waals surface area contributed by atoms with Gasteiger partial charge in [0.25, 0.3) is 0 Å². The fourth-order valence-corrected chi connectivity index (χ4v) is 1.80. The van der Waals surface area contributed by atoms with Gasteiger partial charge in [-0.15, -0.1) is 24.0 Å². The summed E-state index contributed by atoms with van der Waals surface area (Å²) in [7, 11) is 4.80. The van der Waals surface area contributed by atoms with Crippen molar-refractivity contribution in [1.29, 1.82) is 0 Å². The van der Waals surface area contributed by atoms with Crippen molar-refractivity contribution in [2.24, 2.45) is 10.7 Å². The highest BCUT2D eigenvalue weighted by molar-refractivity contribution is 14.0. The Hall–Kier alpha value is -1.38. The number of nitrogens with zero attached hydrogens (tertiary/aromatic N) is 1. The summed E-state index contributed by atoms with van der Waals surface area (Å²) >= 11 is 0. The highest BCUT2D eigenvalue weighted by Gasteiger charge is 2.13. The molecule has 22 heavy (non-hydrogen) atoms. The zero-order valence-electron chi connectivity index (χ0n) is 13.8. The van der Waals surface area contributed by atoms with Crippen LogP contribution in [0.15, 0.2) is 17.1 Å². The lowest BCUT2D eigenvalue weighted by molar-refractivity contribution is 0.369. The van der Waals surface area contributed by atoms with Gasteiger partial charge in [-0.2, -0.15) is 0 Å². The first-order chi connectivity index (χ1) is 10.0.